The molecule has 2 aromatic heterocycles. The standard InChI is InChI=1S/C21H24N4O4/c1-13-11-14(2)23-21(27)17(13)12-22-18(26)5-4-6-19-24-20(25-29-19)15-7-9-16(28-3)10-8-15/h7-11H,4-6,12H2,1-3H3,(H,22,26)(H,23,27). The van der Waals surface area contributed by atoms with Gasteiger partial charge in [-0.2, -0.15) is 4.98 Å². The molecule has 29 heavy (non-hydrogen) atoms. The lowest BCUT2D eigenvalue weighted by Crippen LogP contribution is -2.27. The maximum Gasteiger partial charge on any atom is 0.253 e. The van der Waals surface area contributed by atoms with Gasteiger partial charge >= 0.3 is 0 Å². The summed E-state index contributed by atoms with van der Waals surface area (Å²) in [4.78, 5) is 31.2. The predicted molar refractivity (Wildman–Crippen MR) is 108 cm³/mol. The SMILES string of the molecule is COc1ccc(-c2noc(CCCC(=O)NCc3c(C)cc(C)[nH]c3=O)n2)cc1. The highest BCUT2D eigenvalue weighted by Gasteiger charge is 2.11. The molecular formula is C21H24N4O4. The Balaban J connectivity index is 1.47. The van der Waals surface area contributed by atoms with Gasteiger partial charge in [-0.1, -0.05) is 5.16 Å². The molecule has 0 spiro atoms. The van der Waals surface area contributed by atoms with Crippen molar-refractivity contribution < 1.29 is 14.1 Å². The van der Waals surface area contributed by atoms with Crippen LogP contribution in [-0.2, 0) is 17.8 Å². The molecule has 152 valence electrons. The summed E-state index contributed by atoms with van der Waals surface area (Å²) in [5.41, 5.74) is 2.90. The first kappa shape index (κ1) is 20.3. The zero-order valence-electron chi connectivity index (χ0n) is 16.7. The maximum absolute atomic E-state index is 12.1. The molecule has 0 fully saturated rings. The highest BCUT2D eigenvalue weighted by Crippen LogP contribution is 2.20. The monoisotopic (exact) mass is 396 g/mol. The van der Waals surface area contributed by atoms with E-state index in [0.717, 1.165) is 22.6 Å². The molecule has 8 heteroatoms. The van der Waals surface area contributed by atoms with Gasteiger partial charge < -0.3 is 19.6 Å². The van der Waals surface area contributed by atoms with Crippen LogP contribution in [0.1, 0.15) is 35.6 Å². The average Bonchev–Trinajstić information content (AvgIpc) is 3.16. The summed E-state index contributed by atoms with van der Waals surface area (Å²) in [6.07, 6.45) is 1.38. The van der Waals surface area contributed by atoms with Gasteiger partial charge in [-0.15, -0.1) is 0 Å². The van der Waals surface area contributed by atoms with Gasteiger partial charge in [0, 0.05) is 36.2 Å². The fraction of sp³-hybridized carbons (Fsp3) is 0.333. The van der Waals surface area contributed by atoms with Gasteiger partial charge in [-0.3, -0.25) is 9.59 Å². The zero-order valence-corrected chi connectivity index (χ0v) is 16.7. The first-order valence-electron chi connectivity index (χ1n) is 9.39. The van der Waals surface area contributed by atoms with Crippen LogP contribution in [0.3, 0.4) is 0 Å². The molecule has 1 aromatic carbocycles. The molecule has 2 heterocycles. The molecule has 8 nitrogen and oxygen atoms in total. The van der Waals surface area contributed by atoms with Gasteiger partial charge in [0.05, 0.1) is 7.11 Å². The Bertz CT molecular complexity index is 1040. The molecule has 0 bridgehead atoms. The summed E-state index contributed by atoms with van der Waals surface area (Å²) in [7, 11) is 1.61. The number of aromatic amines is 1. The zero-order chi connectivity index (χ0) is 20.8. The van der Waals surface area contributed by atoms with Gasteiger partial charge in [0.25, 0.3) is 5.56 Å². The molecular weight excluding hydrogens is 372 g/mol. The van der Waals surface area contributed by atoms with E-state index in [1.807, 2.05) is 44.2 Å². The van der Waals surface area contributed by atoms with Crippen molar-refractivity contribution in [2.24, 2.45) is 0 Å². The molecule has 0 aliphatic carbocycles. The normalized spacial score (nSPS) is 10.7. The largest absolute Gasteiger partial charge is 0.497 e. The minimum Gasteiger partial charge on any atom is -0.497 e. The number of nitrogens with zero attached hydrogens (tertiary/aromatic N) is 2. The lowest BCUT2D eigenvalue weighted by molar-refractivity contribution is -0.121. The topological polar surface area (TPSA) is 110 Å². The molecule has 0 saturated heterocycles. The Morgan fingerprint density at radius 2 is 2.00 bits per heavy atom. The van der Waals surface area contributed by atoms with Crippen LogP contribution < -0.4 is 15.6 Å². The predicted octanol–water partition coefficient (Wildman–Crippen LogP) is 2.69. The third-order valence-corrected chi connectivity index (χ3v) is 4.57. The number of nitrogens with one attached hydrogen (secondary N) is 2. The van der Waals surface area contributed by atoms with Crippen molar-refractivity contribution in [3.8, 4) is 17.1 Å². The summed E-state index contributed by atoms with van der Waals surface area (Å²) in [5.74, 6) is 1.61. The molecule has 2 N–H and O–H groups in total. The number of H-pyrrole nitrogens is 1. The first-order chi connectivity index (χ1) is 14.0. The Labute approximate surface area is 168 Å². The molecule has 0 unspecified atom stereocenters. The van der Waals surface area contributed by atoms with Gasteiger partial charge in [-0.25, -0.2) is 0 Å². The summed E-state index contributed by atoms with van der Waals surface area (Å²) < 4.78 is 10.4. The lowest BCUT2D eigenvalue weighted by Gasteiger charge is -2.07. The van der Waals surface area contributed by atoms with Crippen molar-refractivity contribution >= 4 is 5.91 Å². The smallest absolute Gasteiger partial charge is 0.253 e. The molecule has 0 aliphatic heterocycles. The van der Waals surface area contributed by atoms with E-state index in [9.17, 15) is 9.59 Å². The number of methoxy groups -OCH3 is 1. The Hall–Kier alpha value is -3.42. The van der Waals surface area contributed by atoms with Crippen molar-refractivity contribution in [1.29, 1.82) is 0 Å². The van der Waals surface area contributed by atoms with E-state index in [-0.39, 0.29) is 18.0 Å². The van der Waals surface area contributed by atoms with Crippen molar-refractivity contribution in [1.82, 2.24) is 20.4 Å². The van der Waals surface area contributed by atoms with Gasteiger partial charge in [0.15, 0.2) is 0 Å². The van der Waals surface area contributed by atoms with Gasteiger partial charge in [0.1, 0.15) is 5.75 Å². The van der Waals surface area contributed by atoms with E-state index < -0.39 is 0 Å². The van der Waals surface area contributed by atoms with Crippen LogP contribution in [-0.4, -0.2) is 28.1 Å². The number of aryl methyl sites for hydroxylation is 3. The average molecular weight is 396 g/mol. The minimum atomic E-state index is -0.167. The second-order valence-corrected chi connectivity index (χ2v) is 6.81. The Morgan fingerprint density at radius 3 is 2.69 bits per heavy atom. The van der Waals surface area contributed by atoms with Crippen LogP contribution in [0, 0.1) is 13.8 Å². The highest BCUT2D eigenvalue weighted by atomic mass is 16.5. The van der Waals surface area contributed by atoms with E-state index in [1.165, 1.54) is 0 Å². The van der Waals surface area contributed by atoms with Gasteiger partial charge in [-0.05, 0) is 56.2 Å². The number of pyridine rings is 1. The minimum absolute atomic E-state index is 0.126. The summed E-state index contributed by atoms with van der Waals surface area (Å²) in [6.45, 7) is 3.90. The highest BCUT2D eigenvalue weighted by molar-refractivity contribution is 5.75. The van der Waals surface area contributed by atoms with Crippen LogP contribution in [0.25, 0.3) is 11.4 Å². The van der Waals surface area contributed by atoms with Crippen LogP contribution in [0.2, 0.25) is 0 Å². The van der Waals surface area contributed by atoms with E-state index >= 15 is 0 Å². The lowest BCUT2D eigenvalue weighted by atomic mass is 10.1. The van der Waals surface area contributed by atoms with Crippen LogP contribution >= 0.6 is 0 Å². The number of benzene rings is 1. The molecule has 0 saturated carbocycles. The third-order valence-electron chi connectivity index (χ3n) is 4.57. The van der Waals surface area contributed by atoms with Crippen LogP contribution in [0.5, 0.6) is 5.75 Å². The summed E-state index contributed by atoms with van der Waals surface area (Å²) in [6, 6.07) is 9.26. The van der Waals surface area contributed by atoms with Crippen LogP contribution in [0.4, 0.5) is 0 Å². The summed E-state index contributed by atoms with van der Waals surface area (Å²) >= 11 is 0. The van der Waals surface area contributed by atoms with Gasteiger partial charge in [0.2, 0.25) is 17.6 Å². The molecule has 3 aromatic rings. The molecule has 3 rings (SSSR count). The molecule has 1 amide bonds. The second kappa shape index (κ2) is 9.18. The molecule has 0 atom stereocenters. The van der Waals surface area contributed by atoms with Crippen molar-refractivity contribution in [3.05, 3.63) is 63.4 Å². The number of ether oxygens (including phenoxy) is 1. The van der Waals surface area contributed by atoms with E-state index in [4.69, 9.17) is 9.26 Å². The van der Waals surface area contributed by atoms with Crippen molar-refractivity contribution in [2.45, 2.75) is 39.7 Å². The first-order valence-corrected chi connectivity index (χ1v) is 9.39. The second-order valence-electron chi connectivity index (χ2n) is 6.81. The number of hydrogen-bond acceptors (Lipinski definition) is 6. The fourth-order valence-electron chi connectivity index (χ4n) is 2.99. The number of aromatic nitrogens is 3. The summed E-state index contributed by atoms with van der Waals surface area (Å²) in [5, 5.41) is 6.77. The number of carbonyl (C=O) groups excluding carboxylic acids is 1. The number of carbonyl (C=O) groups is 1. The molecule has 0 aliphatic rings. The third kappa shape index (κ3) is 5.31. The quantitative estimate of drug-likeness (QED) is 0.606. The Morgan fingerprint density at radius 1 is 1.24 bits per heavy atom. The van der Waals surface area contributed by atoms with Crippen molar-refractivity contribution in [2.75, 3.05) is 7.11 Å². The van der Waals surface area contributed by atoms with E-state index in [0.29, 0.717) is 36.5 Å². The van der Waals surface area contributed by atoms with Crippen LogP contribution in [0.15, 0.2) is 39.6 Å². The maximum atomic E-state index is 12.1. The number of rotatable bonds is 8. The fourth-order valence-corrected chi connectivity index (χ4v) is 2.99. The number of hydrogen-bond donors (Lipinski definition) is 2. The number of amides is 1. The van der Waals surface area contributed by atoms with E-state index in [1.54, 1.807) is 7.11 Å². The van der Waals surface area contributed by atoms with Crippen molar-refractivity contribution in [3.63, 3.8) is 0 Å². The Kier molecular flexibility index (Phi) is 6.43. The van der Waals surface area contributed by atoms with E-state index in [2.05, 4.69) is 20.4 Å². The molecule has 0 radical (unpaired) electrons.